The van der Waals surface area contributed by atoms with Gasteiger partial charge >= 0.3 is 6.18 Å². The Bertz CT molecular complexity index is 976. The normalized spacial score (nSPS) is 11.6. The van der Waals surface area contributed by atoms with Crippen LogP contribution in [0.4, 0.5) is 18.9 Å². The van der Waals surface area contributed by atoms with Gasteiger partial charge in [0.1, 0.15) is 6.26 Å². The van der Waals surface area contributed by atoms with Gasteiger partial charge in [-0.25, -0.2) is 4.68 Å². The first-order valence-corrected chi connectivity index (χ1v) is 8.25. The van der Waals surface area contributed by atoms with Gasteiger partial charge in [-0.15, -0.1) is 0 Å². The Balaban J connectivity index is 2.07. The third-order valence-electron chi connectivity index (χ3n) is 3.64. The van der Waals surface area contributed by atoms with Crippen molar-refractivity contribution in [2.75, 3.05) is 5.32 Å². The highest BCUT2D eigenvalue weighted by Gasteiger charge is 2.31. The average Bonchev–Trinajstić information content (AvgIpc) is 3.12. The third kappa shape index (κ3) is 3.67. The molecule has 0 spiro atoms. The number of halogens is 4. The summed E-state index contributed by atoms with van der Waals surface area (Å²) in [5, 5.41) is 6.78. The molecule has 3 rings (SSSR count). The second kappa shape index (κ2) is 6.64. The number of benzene rings is 1. The summed E-state index contributed by atoms with van der Waals surface area (Å²) in [6.45, 7) is 3.55. The van der Waals surface area contributed by atoms with Crippen LogP contribution in [0.2, 0.25) is 0 Å². The highest BCUT2D eigenvalue weighted by atomic mass is 79.9. The fourth-order valence-corrected chi connectivity index (χ4v) is 2.83. The van der Waals surface area contributed by atoms with Gasteiger partial charge in [-0.2, -0.15) is 18.3 Å². The quantitative estimate of drug-likeness (QED) is 0.631. The van der Waals surface area contributed by atoms with Gasteiger partial charge in [0.15, 0.2) is 4.67 Å². The van der Waals surface area contributed by atoms with Crippen molar-refractivity contribution in [3.05, 3.63) is 63.8 Å². The maximum atomic E-state index is 13.1. The molecule has 0 saturated carbocycles. The molecular weight excluding hydrogens is 415 g/mol. The molecule has 0 fully saturated rings. The molecule has 0 radical (unpaired) electrons. The second-order valence-electron chi connectivity index (χ2n) is 5.66. The standard InChI is InChI=1S/C17H13BrF3N3O2/c1-9-5-10(2)24(23-9)14-4-3-12(17(19,20)21)7-13(14)22-16(25)11-6-15(18)26-8-11/h3-8H,1-2H3,(H,22,25). The van der Waals surface area contributed by atoms with Gasteiger partial charge in [0, 0.05) is 11.8 Å². The maximum Gasteiger partial charge on any atom is 0.416 e. The average molecular weight is 428 g/mol. The number of hydrogen-bond donors (Lipinski definition) is 1. The number of rotatable bonds is 3. The smallest absolute Gasteiger partial charge is 0.416 e. The lowest BCUT2D eigenvalue weighted by molar-refractivity contribution is -0.137. The summed E-state index contributed by atoms with van der Waals surface area (Å²) in [5.41, 5.74) is 1.06. The molecule has 2 aromatic heterocycles. The van der Waals surface area contributed by atoms with Crippen LogP contribution in [0.5, 0.6) is 0 Å². The molecule has 1 N–H and O–H groups in total. The molecule has 26 heavy (non-hydrogen) atoms. The summed E-state index contributed by atoms with van der Waals surface area (Å²) in [6.07, 6.45) is -3.33. The van der Waals surface area contributed by atoms with Crippen molar-refractivity contribution < 1.29 is 22.4 Å². The van der Waals surface area contributed by atoms with Crippen molar-refractivity contribution >= 4 is 27.5 Å². The second-order valence-corrected chi connectivity index (χ2v) is 6.44. The zero-order valence-corrected chi connectivity index (χ0v) is 15.3. The van der Waals surface area contributed by atoms with Crippen LogP contribution in [-0.4, -0.2) is 15.7 Å². The van der Waals surface area contributed by atoms with E-state index in [0.29, 0.717) is 16.1 Å². The summed E-state index contributed by atoms with van der Waals surface area (Å²) in [7, 11) is 0. The van der Waals surface area contributed by atoms with E-state index in [1.165, 1.54) is 23.1 Å². The topological polar surface area (TPSA) is 60.1 Å². The van der Waals surface area contributed by atoms with Gasteiger partial charge in [-0.1, -0.05) is 0 Å². The van der Waals surface area contributed by atoms with E-state index in [9.17, 15) is 18.0 Å². The number of nitrogens with zero attached hydrogens (tertiary/aromatic N) is 2. The van der Waals surface area contributed by atoms with Crippen LogP contribution in [-0.2, 0) is 6.18 Å². The van der Waals surface area contributed by atoms with Crippen LogP contribution in [0.3, 0.4) is 0 Å². The lowest BCUT2D eigenvalue weighted by Gasteiger charge is -2.15. The minimum absolute atomic E-state index is 0.00616. The molecule has 0 aliphatic carbocycles. The van der Waals surface area contributed by atoms with Crippen LogP contribution >= 0.6 is 15.9 Å². The number of nitrogens with one attached hydrogen (secondary N) is 1. The van der Waals surface area contributed by atoms with Gasteiger partial charge in [0.2, 0.25) is 0 Å². The van der Waals surface area contributed by atoms with E-state index < -0.39 is 17.6 Å². The zero-order valence-electron chi connectivity index (χ0n) is 13.7. The lowest BCUT2D eigenvalue weighted by atomic mass is 10.1. The number of anilines is 1. The number of alkyl halides is 3. The predicted octanol–water partition coefficient (Wildman–Crippen LogP) is 5.12. The van der Waals surface area contributed by atoms with Crippen molar-refractivity contribution in [1.29, 1.82) is 0 Å². The molecule has 9 heteroatoms. The molecule has 0 unspecified atom stereocenters. The van der Waals surface area contributed by atoms with E-state index in [4.69, 9.17) is 4.42 Å². The summed E-state index contributed by atoms with van der Waals surface area (Å²) in [6, 6.07) is 6.33. The number of furan rings is 1. The van der Waals surface area contributed by atoms with Crippen LogP contribution in [0.25, 0.3) is 5.69 Å². The molecule has 0 atom stereocenters. The fraction of sp³-hybridized carbons (Fsp3) is 0.176. The van der Waals surface area contributed by atoms with E-state index in [2.05, 4.69) is 26.3 Å². The number of carbonyl (C=O) groups excluding carboxylic acids is 1. The van der Waals surface area contributed by atoms with Gasteiger partial charge in [0.05, 0.1) is 28.2 Å². The Morgan fingerprint density at radius 3 is 2.50 bits per heavy atom. The largest absolute Gasteiger partial charge is 0.457 e. The number of hydrogen-bond acceptors (Lipinski definition) is 3. The number of amides is 1. The summed E-state index contributed by atoms with van der Waals surface area (Å²) in [5.74, 6) is -0.596. The SMILES string of the molecule is Cc1cc(C)n(-c2ccc(C(F)(F)F)cc2NC(=O)c2coc(Br)c2)n1. The first-order valence-electron chi connectivity index (χ1n) is 7.45. The predicted molar refractivity (Wildman–Crippen MR) is 92.4 cm³/mol. The Kier molecular flexibility index (Phi) is 4.66. The lowest BCUT2D eigenvalue weighted by Crippen LogP contribution is -2.15. The molecule has 0 saturated heterocycles. The minimum Gasteiger partial charge on any atom is -0.457 e. The van der Waals surface area contributed by atoms with Crippen LogP contribution in [0.1, 0.15) is 27.3 Å². The van der Waals surface area contributed by atoms with Crippen LogP contribution in [0, 0.1) is 13.8 Å². The molecule has 3 aromatic rings. The highest BCUT2D eigenvalue weighted by molar-refractivity contribution is 9.10. The van der Waals surface area contributed by atoms with Crippen molar-refractivity contribution in [1.82, 2.24) is 9.78 Å². The fourth-order valence-electron chi connectivity index (χ4n) is 2.49. The van der Waals surface area contributed by atoms with E-state index in [0.717, 1.165) is 17.8 Å². The first-order chi connectivity index (χ1) is 12.1. The maximum absolute atomic E-state index is 13.1. The summed E-state index contributed by atoms with van der Waals surface area (Å²) < 4.78 is 46.1. The Morgan fingerprint density at radius 2 is 1.96 bits per heavy atom. The number of aromatic nitrogens is 2. The molecule has 1 amide bonds. The van der Waals surface area contributed by atoms with Crippen molar-refractivity contribution in [2.45, 2.75) is 20.0 Å². The monoisotopic (exact) mass is 427 g/mol. The Labute approximate surface area is 154 Å². The highest BCUT2D eigenvalue weighted by Crippen LogP contribution is 2.34. The molecule has 0 aliphatic heterocycles. The van der Waals surface area contributed by atoms with E-state index in [1.54, 1.807) is 19.9 Å². The third-order valence-corrected chi connectivity index (χ3v) is 4.06. The number of carbonyl (C=O) groups is 1. The van der Waals surface area contributed by atoms with Gasteiger partial charge in [-0.3, -0.25) is 4.79 Å². The van der Waals surface area contributed by atoms with Crippen LogP contribution in [0.15, 0.2) is 45.7 Å². The molecule has 136 valence electrons. The van der Waals surface area contributed by atoms with Gasteiger partial charge < -0.3 is 9.73 Å². The molecule has 1 aromatic carbocycles. The van der Waals surface area contributed by atoms with Crippen molar-refractivity contribution in [2.24, 2.45) is 0 Å². The van der Waals surface area contributed by atoms with Gasteiger partial charge in [-0.05, 0) is 54.0 Å². The van der Waals surface area contributed by atoms with E-state index >= 15 is 0 Å². The molecule has 0 aliphatic rings. The Morgan fingerprint density at radius 1 is 1.23 bits per heavy atom. The molecule has 0 bridgehead atoms. The van der Waals surface area contributed by atoms with E-state index in [1.807, 2.05) is 0 Å². The van der Waals surface area contributed by atoms with Crippen molar-refractivity contribution in [3.8, 4) is 5.69 Å². The van der Waals surface area contributed by atoms with Crippen molar-refractivity contribution in [3.63, 3.8) is 0 Å². The number of aryl methyl sites for hydroxylation is 2. The zero-order chi connectivity index (χ0) is 19.1. The molecule has 2 heterocycles. The van der Waals surface area contributed by atoms with E-state index in [-0.39, 0.29) is 11.3 Å². The molecule has 5 nitrogen and oxygen atoms in total. The minimum atomic E-state index is -4.54. The summed E-state index contributed by atoms with van der Waals surface area (Å²) in [4.78, 5) is 12.4. The molecular formula is C17H13BrF3N3O2. The summed E-state index contributed by atoms with van der Waals surface area (Å²) >= 11 is 3.08. The Hall–Kier alpha value is -2.55. The first kappa shape index (κ1) is 18.2. The van der Waals surface area contributed by atoms with Crippen LogP contribution < -0.4 is 5.32 Å². The van der Waals surface area contributed by atoms with Gasteiger partial charge in [0.25, 0.3) is 5.91 Å².